The molecule has 0 unspecified atom stereocenters. The Balaban J connectivity index is 2.40. The lowest BCUT2D eigenvalue weighted by Crippen LogP contribution is -2.25. The summed E-state index contributed by atoms with van der Waals surface area (Å²) < 4.78 is 0. The Morgan fingerprint density at radius 2 is 2.62 bits per heavy atom. The van der Waals surface area contributed by atoms with Crippen molar-refractivity contribution in [2.75, 3.05) is 24.3 Å². The topological polar surface area (TPSA) is 68.0 Å². The largest absolute Gasteiger partial charge is 0.375 e. The highest BCUT2D eigenvalue weighted by Gasteiger charge is 2.07. The predicted octanol–water partition coefficient (Wildman–Crippen LogP) is 0.818. The van der Waals surface area contributed by atoms with Gasteiger partial charge in [-0.05, 0) is 6.26 Å². The zero-order chi connectivity index (χ0) is 9.68. The average Bonchev–Trinajstić information content (AvgIpc) is 2.52. The van der Waals surface area contributed by atoms with Crippen molar-refractivity contribution in [3.63, 3.8) is 0 Å². The van der Waals surface area contributed by atoms with E-state index < -0.39 is 0 Å². The van der Waals surface area contributed by atoms with E-state index in [-0.39, 0.29) is 5.91 Å². The Kier molecular flexibility index (Phi) is 4.04. The Hall–Kier alpha value is -0.750. The van der Waals surface area contributed by atoms with Crippen LogP contribution in [0.25, 0.3) is 0 Å². The molecule has 0 aliphatic heterocycles. The molecule has 0 fully saturated rings. The zero-order valence-corrected chi connectivity index (χ0v) is 8.87. The minimum Gasteiger partial charge on any atom is -0.375 e. The summed E-state index contributed by atoms with van der Waals surface area (Å²) in [4.78, 5) is 15.2. The van der Waals surface area contributed by atoms with Crippen molar-refractivity contribution in [1.29, 1.82) is 0 Å². The summed E-state index contributed by atoms with van der Waals surface area (Å²) in [5.41, 5.74) is 5.80. The summed E-state index contributed by atoms with van der Waals surface area (Å²) >= 11 is 2.96. The second-order valence-electron chi connectivity index (χ2n) is 2.32. The number of hydrogen-bond acceptors (Lipinski definition) is 5. The van der Waals surface area contributed by atoms with Crippen molar-refractivity contribution in [3.05, 3.63) is 11.1 Å². The normalized spacial score (nSPS) is 9.92. The lowest BCUT2D eigenvalue weighted by molar-refractivity contribution is 0.0952. The summed E-state index contributed by atoms with van der Waals surface area (Å²) in [5.74, 6) is 0.757. The van der Waals surface area contributed by atoms with Crippen LogP contribution in [0.15, 0.2) is 5.38 Å². The van der Waals surface area contributed by atoms with Crippen LogP contribution in [-0.4, -0.2) is 29.4 Å². The van der Waals surface area contributed by atoms with Crippen molar-refractivity contribution in [2.45, 2.75) is 0 Å². The van der Waals surface area contributed by atoms with Crippen LogP contribution in [0.4, 0.5) is 5.13 Å². The highest BCUT2D eigenvalue weighted by Crippen LogP contribution is 2.10. The Morgan fingerprint density at radius 3 is 3.15 bits per heavy atom. The first-order valence-corrected chi connectivity index (χ1v) is 5.99. The van der Waals surface area contributed by atoms with Crippen LogP contribution >= 0.6 is 23.1 Å². The van der Waals surface area contributed by atoms with E-state index in [4.69, 9.17) is 5.73 Å². The molecule has 0 spiro atoms. The number of rotatable bonds is 4. The molecule has 0 aliphatic rings. The quantitative estimate of drug-likeness (QED) is 0.733. The monoisotopic (exact) mass is 217 g/mol. The number of nitrogens with one attached hydrogen (secondary N) is 1. The third-order valence-corrected chi connectivity index (χ3v) is 2.63. The van der Waals surface area contributed by atoms with E-state index in [1.54, 1.807) is 17.1 Å². The fraction of sp³-hybridized carbons (Fsp3) is 0.429. The van der Waals surface area contributed by atoms with Gasteiger partial charge in [-0.1, -0.05) is 0 Å². The molecule has 1 aromatic heterocycles. The van der Waals surface area contributed by atoms with Crippen molar-refractivity contribution < 1.29 is 4.79 Å². The average molecular weight is 217 g/mol. The lowest BCUT2D eigenvalue weighted by Gasteiger charge is -1.99. The van der Waals surface area contributed by atoms with Gasteiger partial charge in [0.1, 0.15) is 5.69 Å². The van der Waals surface area contributed by atoms with Gasteiger partial charge < -0.3 is 11.1 Å². The molecular weight excluding hydrogens is 206 g/mol. The van der Waals surface area contributed by atoms with Gasteiger partial charge in [-0.15, -0.1) is 11.3 Å². The molecule has 0 aromatic carbocycles. The first kappa shape index (κ1) is 10.3. The van der Waals surface area contributed by atoms with Crippen LogP contribution in [0.1, 0.15) is 10.5 Å². The third kappa shape index (κ3) is 3.23. The third-order valence-electron chi connectivity index (χ3n) is 1.35. The molecule has 1 amide bonds. The maximum absolute atomic E-state index is 11.3. The summed E-state index contributed by atoms with van der Waals surface area (Å²) in [5, 5.41) is 4.82. The number of carbonyl (C=O) groups excluding carboxylic acids is 1. The second kappa shape index (κ2) is 5.08. The first-order chi connectivity index (χ1) is 6.24. The molecule has 1 heterocycles. The number of nitrogens with two attached hydrogens (primary N) is 1. The Morgan fingerprint density at radius 1 is 1.85 bits per heavy atom. The molecule has 0 bridgehead atoms. The lowest BCUT2D eigenvalue weighted by atomic mass is 10.4. The number of amides is 1. The summed E-state index contributed by atoms with van der Waals surface area (Å²) in [6, 6.07) is 0. The molecule has 13 heavy (non-hydrogen) atoms. The highest BCUT2D eigenvalue weighted by molar-refractivity contribution is 7.98. The summed E-state index contributed by atoms with van der Waals surface area (Å²) in [7, 11) is 0. The van der Waals surface area contributed by atoms with E-state index in [0.29, 0.717) is 17.4 Å². The van der Waals surface area contributed by atoms with E-state index in [9.17, 15) is 4.79 Å². The number of aromatic nitrogens is 1. The van der Waals surface area contributed by atoms with Gasteiger partial charge in [0, 0.05) is 17.7 Å². The first-order valence-electron chi connectivity index (χ1n) is 3.72. The van der Waals surface area contributed by atoms with Crippen molar-refractivity contribution in [1.82, 2.24) is 10.3 Å². The number of anilines is 1. The molecule has 0 atom stereocenters. The Bertz CT molecular complexity index is 287. The van der Waals surface area contributed by atoms with Gasteiger partial charge in [0.25, 0.3) is 5.91 Å². The van der Waals surface area contributed by atoms with Gasteiger partial charge in [-0.25, -0.2) is 4.98 Å². The van der Waals surface area contributed by atoms with Crippen LogP contribution in [0.5, 0.6) is 0 Å². The smallest absolute Gasteiger partial charge is 0.270 e. The van der Waals surface area contributed by atoms with Gasteiger partial charge in [-0.3, -0.25) is 4.79 Å². The molecule has 6 heteroatoms. The number of carbonyl (C=O) groups is 1. The minimum atomic E-state index is -0.151. The Labute approximate surface area is 84.9 Å². The molecule has 3 N–H and O–H groups in total. The van der Waals surface area contributed by atoms with E-state index in [2.05, 4.69) is 10.3 Å². The molecule has 1 aromatic rings. The van der Waals surface area contributed by atoms with E-state index in [0.717, 1.165) is 5.75 Å². The molecular formula is C7H11N3OS2. The van der Waals surface area contributed by atoms with Crippen LogP contribution < -0.4 is 11.1 Å². The van der Waals surface area contributed by atoms with E-state index >= 15 is 0 Å². The molecule has 0 aliphatic carbocycles. The fourth-order valence-electron chi connectivity index (χ4n) is 0.749. The molecule has 4 nitrogen and oxygen atoms in total. The zero-order valence-electron chi connectivity index (χ0n) is 7.24. The van der Waals surface area contributed by atoms with Crippen molar-refractivity contribution in [2.24, 2.45) is 0 Å². The number of thiazole rings is 1. The SMILES string of the molecule is CSCCNC(=O)c1csc(N)n1. The van der Waals surface area contributed by atoms with E-state index in [1.807, 2.05) is 6.26 Å². The maximum atomic E-state index is 11.3. The number of nitrogen functional groups attached to an aromatic ring is 1. The summed E-state index contributed by atoms with van der Waals surface area (Å²) in [6.45, 7) is 0.664. The van der Waals surface area contributed by atoms with Gasteiger partial charge >= 0.3 is 0 Å². The second-order valence-corrected chi connectivity index (χ2v) is 4.19. The van der Waals surface area contributed by atoms with Crippen LogP contribution in [0, 0.1) is 0 Å². The predicted molar refractivity (Wildman–Crippen MR) is 57.2 cm³/mol. The minimum absolute atomic E-state index is 0.151. The number of thioether (sulfide) groups is 1. The molecule has 1 rings (SSSR count). The molecule has 0 radical (unpaired) electrons. The van der Waals surface area contributed by atoms with E-state index in [1.165, 1.54) is 11.3 Å². The number of hydrogen-bond donors (Lipinski definition) is 2. The van der Waals surface area contributed by atoms with Crippen LogP contribution in [0.3, 0.4) is 0 Å². The molecule has 72 valence electrons. The van der Waals surface area contributed by atoms with Gasteiger partial charge in [-0.2, -0.15) is 11.8 Å². The van der Waals surface area contributed by atoms with Gasteiger partial charge in [0.15, 0.2) is 5.13 Å². The van der Waals surface area contributed by atoms with Crippen LogP contribution in [-0.2, 0) is 0 Å². The van der Waals surface area contributed by atoms with Gasteiger partial charge in [0.2, 0.25) is 0 Å². The van der Waals surface area contributed by atoms with Crippen molar-refractivity contribution >= 4 is 34.1 Å². The van der Waals surface area contributed by atoms with Crippen LogP contribution in [0.2, 0.25) is 0 Å². The fourth-order valence-corrected chi connectivity index (χ4v) is 1.60. The standard InChI is InChI=1S/C7H11N3OS2/c1-12-3-2-9-6(11)5-4-13-7(8)10-5/h4H,2-3H2,1H3,(H2,8,10)(H,9,11). The highest BCUT2D eigenvalue weighted by atomic mass is 32.2. The maximum Gasteiger partial charge on any atom is 0.270 e. The van der Waals surface area contributed by atoms with Gasteiger partial charge in [0.05, 0.1) is 0 Å². The number of nitrogens with zero attached hydrogens (tertiary/aromatic N) is 1. The molecule has 0 saturated heterocycles. The van der Waals surface area contributed by atoms with Crippen molar-refractivity contribution in [3.8, 4) is 0 Å². The molecule has 0 saturated carbocycles. The summed E-state index contributed by atoms with van der Waals surface area (Å²) in [6.07, 6.45) is 1.99.